The Morgan fingerprint density at radius 2 is 1.58 bits per heavy atom. The second kappa shape index (κ2) is 6.78. The molecule has 4 bridgehead atoms. The molecule has 2 N–H and O–H groups in total. The zero-order valence-electron chi connectivity index (χ0n) is 14.6. The van der Waals surface area contributed by atoms with Crippen LogP contribution in [0.4, 0.5) is 4.79 Å². The molecule has 130 valence electrons. The summed E-state index contributed by atoms with van der Waals surface area (Å²) in [5.41, 5.74) is 1.77. The first kappa shape index (κ1) is 16.0. The minimum Gasteiger partial charge on any atom is -0.338 e. The van der Waals surface area contributed by atoms with Gasteiger partial charge in [-0.15, -0.1) is 0 Å². The van der Waals surface area contributed by atoms with Gasteiger partial charge in [-0.05, 0) is 80.1 Å². The Morgan fingerprint density at radius 3 is 2.21 bits per heavy atom. The maximum absolute atomic E-state index is 12.1. The highest BCUT2D eigenvalue weighted by atomic mass is 16.2. The molecule has 24 heavy (non-hydrogen) atoms. The Hall–Kier alpha value is -1.51. The van der Waals surface area contributed by atoms with Gasteiger partial charge in [0.1, 0.15) is 0 Å². The molecule has 4 fully saturated rings. The van der Waals surface area contributed by atoms with Crippen LogP contribution >= 0.6 is 0 Å². The fourth-order valence-electron chi connectivity index (χ4n) is 5.98. The highest BCUT2D eigenvalue weighted by Crippen LogP contribution is 2.59. The van der Waals surface area contributed by atoms with Crippen LogP contribution in [0.3, 0.4) is 0 Å². The van der Waals surface area contributed by atoms with Gasteiger partial charge in [0.25, 0.3) is 0 Å². The van der Waals surface area contributed by atoms with Crippen LogP contribution in [0.5, 0.6) is 0 Å². The molecule has 0 aromatic heterocycles. The largest absolute Gasteiger partial charge is 0.338 e. The van der Waals surface area contributed by atoms with Crippen molar-refractivity contribution in [3.8, 4) is 0 Å². The Kier molecular flexibility index (Phi) is 4.51. The Balaban J connectivity index is 1.17. The van der Waals surface area contributed by atoms with Crippen LogP contribution in [0.25, 0.3) is 0 Å². The van der Waals surface area contributed by atoms with Gasteiger partial charge in [-0.3, -0.25) is 0 Å². The molecule has 3 nitrogen and oxygen atoms in total. The summed E-state index contributed by atoms with van der Waals surface area (Å²) in [5.74, 6) is 2.85. The van der Waals surface area contributed by atoms with Gasteiger partial charge < -0.3 is 10.6 Å². The smallest absolute Gasteiger partial charge is 0.314 e. The molecule has 1 aromatic carbocycles. The number of carbonyl (C=O) groups excluding carboxylic acids is 1. The van der Waals surface area contributed by atoms with E-state index >= 15 is 0 Å². The van der Waals surface area contributed by atoms with Crippen LogP contribution in [0.1, 0.15) is 50.5 Å². The third kappa shape index (κ3) is 3.60. The molecule has 4 aliphatic carbocycles. The standard InChI is InChI=1S/C21H30N2O/c24-20(22-8-4-7-16-5-2-1-3-6-16)23-15-21-12-17-9-18(13-21)11-19(10-17)14-21/h1-3,5-6,17-19H,4,7-15H2,(H2,22,23,24). The summed E-state index contributed by atoms with van der Waals surface area (Å²) in [4.78, 5) is 12.1. The van der Waals surface area contributed by atoms with Gasteiger partial charge in [0.05, 0.1) is 0 Å². The lowest BCUT2D eigenvalue weighted by Gasteiger charge is -2.56. The van der Waals surface area contributed by atoms with Crippen LogP contribution in [-0.2, 0) is 6.42 Å². The van der Waals surface area contributed by atoms with Crippen LogP contribution in [-0.4, -0.2) is 19.1 Å². The number of rotatable bonds is 6. The molecule has 4 aliphatic rings. The average molecular weight is 326 g/mol. The fraction of sp³-hybridized carbons (Fsp3) is 0.667. The number of aryl methyl sites for hydroxylation is 1. The molecule has 5 rings (SSSR count). The van der Waals surface area contributed by atoms with E-state index in [1.165, 1.54) is 44.1 Å². The minimum atomic E-state index is 0.0267. The molecule has 4 saturated carbocycles. The quantitative estimate of drug-likeness (QED) is 0.758. The van der Waals surface area contributed by atoms with Gasteiger partial charge in [0.2, 0.25) is 0 Å². The highest BCUT2D eigenvalue weighted by Gasteiger charge is 2.50. The van der Waals surface area contributed by atoms with Crippen molar-refractivity contribution < 1.29 is 4.79 Å². The highest BCUT2D eigenvalue weighted by molar-refractivity contribution is 5.73. The minimum absolute atomic E-state index is 0.0267. The maximum Gasteiger partial charge on any atom is 0.314 e. The molecule has 0 saturated heterocycles. The number of hydrogen-bond acceptors (Lipinski definition) is 1. The molecule has 0 heterocycles. The van der Waals surface area contributed by atoms with E-state index < -0.39 is 0 Å². The van der Waals surface area contributed by atoms with E-state index in [4.69, 9.17) is 0 Å². The summed E-state index contributed by atoms with van der Waals surface area (Å²) in [6, 6.07) is 10.5. The van der Waals surface area contributed by atoms with E-state index in [9.17, 15) is 4.79 Å². The molecule has 3 heteroatoms. The second-order valence-electron chi connectivity index (χ2n) is 8.62. The average Bonchev–Trinajstić information content (AvgIpc) is 2.57. The number of urea groups is 1. The lowest BCUT2D eigenvalue weighted by molar-refractivity contribution is -0.0498. The summed E-state index contributed by atoms with van der Waals surface area (Å²) in [5, 5.41) is 6.22. The molecule has 0 radical (unpaired) electrons. The molecular formula is C21H30N2O. The van der Waals surface area contributed by atoms with Crippen molar-refractivity contribution in [2.75, 3.05) is 13.1 Å². The number of hydrogen-bond donors (Lipinski definition) is 2. The SMILES string of the molecule is O=C(NCCCc1ccccc1)NCC12CC3CC(CC(C3)C1)C2. The van der Waals surface area contributed by atoms with E-state index in [0.717, 1.165) is 43.7 Å². The van der Waals surface area contributed by atoms with Crippen LogP contribution in [0, 0.1) is 23.2 Å². The van der Waals surface area contributed by atoms with Gasteiger partial charge in [0, 0.05) is 13.1 Å². The van der Waals surface area contributed by atoms with E-state index in [-0.39, 0.29) is 6.03 Å². The molecule has 0 spiro atoms. The molecule has 2 amide bonds. The topological polar surface area (TPSA) is 41.1 Å². The predicted molar refractivity (Wildman–Crippen MR) is 96.8 cm³/mol. The second-order valence-corrected chi connectivity index (χ2v) is 8.62. The molecular weight excluding hydrogens is 296 g/mol. The van der Waals surface area contributed by atoms with Crippen molar-refractivity contribution in [2.24, 2.45) is 23.2 Å². The molecule has 0 atom stereocenters. The van der Waals surface area contributed by atoms with E-state index in [1.807, 2.05) is 6.07 Å². The number of benzene rings is 1. The van der Waals surface area contributed by atoms with E-state index in [1.54, 1.807) is 0 Å². The van der Waals surface area contributed by atoms with Crippen molar-refractivity contribution in [2.45, 2.75) is 51.4 Å². The first-order valence-electron chi connectivity index (χ1n) is 9.76. The summed E-state index contributed by atoms with van der Waals surface area (Å²) in [6.45, 7) is 1.64. The predicted octanol–water partition coefficient (Wildman–Crippen LogP) is 4.13. The lowest BCUT2D eigenvalue weighted by atomic mass is 9.49. The Bertz CT molecular complexity index is 533. The van der Waals surface area contributed by atoms with Crippen molar-refractivity contribution in [3.63, 3.8) is 0 Å². The summed E-state index contributed by atoms with van der Waals surface area (Å²) in [7, 11) is 0. The van der Waals surface area contributed by atoms with E-state index in [0.29, 0.717) is 5.41 Å². The number of amides is 2. The summed E-state index contributed by atoms with van der Waals surface area (Å²) < 4.78 is 0. The summed E-state index contributed by atoms with van der Waals surface area (Å²) in [6.07, 6.45) is 10.5. The third-order valence-corrected chi connectivity index (χ3v) is 6.56. The Labute approximate surface area is 145 Å². The van der Waals surface area contributed by atoms with Crippen molar-refractivity contribution in [1.82, 2.24) is 10.6 Å². The zero-order chi connectivity index (χ0) is 16.4. The van der Waals surface area contributed by atoms with Crippen molar-refractivity contribution in [3.05, 3.63) is 35.9 Å². The molecule has 1 aromatic rings. The third-order valence-electron chi connectivity index (χ3n) is 6.56. The first-order chi connectivity index (χ1) is 11.7. The maximum atomic E-state index is 12.1. The first-order valence-corrected chi connectivity index (χ1v) is 9.76. The summed E-state index contributed by atoms with van der Waals surface area (Å²) >= 11 is 0. The fourth-order valence-corrected chi connectivity index (χ4v) is 5.98. The van der Waals surface area contributed by atoms with Crippen molar-refractivity contribution in [1.29, 1.82) is 0 Å². The van der Waals surface area contributed by atoms with Crippen molar-refractivity contribution >= 4 is 6.03 Å². The van der Waals surface area contributed by atoms with Gasteiger partial charge in [-0.25, -0.2) is 4.79 Å². The van der Waals surface area contributed by atoms with Crippen LogP contribution in [0.2, 0.25) is 0 Å². The zero-order valence-corrected chi connectivity index (χ0v) is 14.6. The normalized spacial score (nSPS) is 33.4. The number of carbonyl (C=O) groups is 1. The molecule has 0 unspecified atom stereocenters. The van der Waals surface area contributed by atoms with Gasteiger partial charge in [0.15, 0.2) is 0 Å². The lowest BCUT2D eigenvalue weighted by Crippen LogP contribution is -2.52. The van der Waals surface area contributed by atoms with Gasteiger partial charge in [-0.2, -0.15) is 0 Å². The molecule has 0 aliphatic heterocycles. The van der Waals surface area contributed by atoms with Crippen LogP contribution in [0.15, 0.2) is 30.3 Å². The Morgan fingerprint density at radius 1 is 0.958 bits per heavy atom. The monoisotopic (exact) mass is 326 g/mol. The van der Waals surface area contributed by atoms with Gasteiger partial charge >= 0.3 is 6.03 Å². The number of nitrogens with one attached hydrogen (secondary N) is 2. The van der Waals surface area contributed by atoms with E-state index in [2.05, 4.69) is 34.9 Å². The van der Waals surface area contributed by atoms with Crippen LogP contribution < -0.4 is 10.6 Å². The van der Waals surface area contributed by atoms with Gasteiger partial charge in [-0.1, -0.05) is 30.3 Å².